The first-order valence-corrected chi connectivity index (χ1v) is 10.0. The smallest absolute Gasteiger partial charge is 0.318 e. The number of halogens is 6. The number of nitrogens with one attached hydrogen (secondary N) is 1. The van der Waals surface area contributed by atoms with Crippen molar-refractivity contribution in [3.8, 4) is 0 Å². The normalized spacial score (nSPS) is 19.3. The van der Waals surface area contributed by atoms with E-state index in [1.165, 1.54) is 6.20 Å². The maximum atomic E-state index is 13.3. The highest BCUT2D eigenvalue weighted by atomic mass is 19.3. The molecular weight excluding hydrogens is 442 g/mol. The van der Waals surface area contributed by atoms with Gasteiger partial charge in [0, 0.05) is 25.9 Å². The minimum absolute atomic E-state index is 0.0513. The molecule has 2 fully saturated rings. The lowest BCUT2D eigenvalue weighted by Gasteiger charge is -2.32. The molecule has 32 heavy (non-hydrogen) atoms. The molecule has 0 aromatic carbocycles. The highest BCUT2D eigenvalue weighted by Gasteiger charge is 2.38. The molecule has 1 saturated heterocycles. The van der Waals surface area contributed by atoms with E-state index in [1.54, 1.807) is 16.8 Å². The second-order valence-electron chi connectivity index (χ2n) is 7.49. The molecule has 2 amide bonds. The van der Waals surface area contributed by atoms with Crippen molar-refractivity contribution in [1.82, 2.24) is 24.8 Å². The zero-order chi connectivity index (χ0) is 23.8. The van der Waals surface area contributed by atoms with Crippen LogP contribution in [0.5, 0.6) is 0 Å². The average Bonchev–Trinajstić information content (AvgIpc) is 3.14. The van der Waals surface area contributed by atoms with Gasteiger partial charge >= 0.3 is 6.03 Å². The summed E-state index contributed by atoms with van der Waals surface area (Å²) in [5.41, 5.74) is 7.38. The highest BCUT2D eigenvalue weighted by Crippen LogP contribution is 2.32. The number of hydrogen-bond donors (Lipinski definition) is 2. The van der Waals surface area contributed by atoms with Gasteiger partial charge in [-0.1, -0.05) is 6.42 Å². The van der Waals surface area contributed by atoms with Crippen LogP contribution >= 0.6 is 0 Å². The number of nitrogens with two attached hydrogens (primary N) is 1. The molecule has 7 nitrogen and oxygen atoms in total. The number of urea groups is 1. The molecular formula is C19H26F6N6O. The topological polar surface area (TPSA) is 88.5 Å². The molecule has 3 N–H and O–H groups in total. The average molecular weight is 468 g/mol. The molecule has 0 atom stereocenters. The van der Waals surface area contributed by atoms with Gasteiger partial charge < -0.3 is 16.0 Å². The molecule has 3 heterocycles. The number of alkyl halides is 6. The van der Waals surface area contributed by atoms with Crippen molar-refractivity contribution < 1.29 is 31.1 Å². The summed E-state index contributed by atoms with van der Waals surface area (Å²) < 4.78 is 71.9. The first-order chi connectivity index (χ1) is 15.1. The Morgan fingerprint density at radius 3 is 2.31 bits per heavy atom. The van der Waals surface area contributed by atoms with Gasteiger partial charge in [-0.3, -0.25) is 0 Å². The number of fused-ring (bicyclic) bond motifs is 1. The van der Waals surface area contributed by atoms with E-state index >= 15 is 0 Å². The maximum absolute atomic E-state index is 13.3. The summed E-state index contributed by atoms with van der Waals surface area (Å²) in [6.07, 6.45) is 5.88. The SMILES string of the molecule is FC1(F)CCCCC1.FCF.NCc1cn2ncc(CN3CC(F)(F)CNC3=O)cc2n1. The molecule has 0 unspecified atom stereocenters. The number of nitrogens with zero attached hydrogens (tertiary/aromatic N) is 4. The quantitative estimate of drug-likeness (QED) is 0.671. The van der Waals surface area contributed by atoms with Crippen molar-refractivity contribution in [2.75, 3.05) is 20.0 Å². The molecule has 2 aliphatic rings. The molecule has 2 aromatic rings. The van der Waals surface area contributed by atoms with Crippen LogP contribution in [0.3, 0.4) is 0 Å². The number of carbonyl (C=O) groups is 1. The van der Waals surface area contributed by atoms with Gasteiger partial charge in [0.2, 0.25) is 12.9 Å². The summed E-state index contributed by atoms with van der Waals surface area (Å²) in [6, 6.07) is 1.19. The minimum Gasteiger partial charge on any atom is -0.332 e. The molecule has 2 aromatic heterocycles. The van der Waals surface area contributed by atoms with Gasteiger partial charge in [0.25, 0.3) is 5.92 Å². The van der Waals surface area contributed by atoms with E-state index in [1.807, 2.05) is 0 Å². The third kappa shape index (κ3) is 7.84. The fourth-order valence-electron chi connectivity index (χ4n) is 3.29. The minimum atomic E-state index is -2.93. The maximum Gasteiger partial charge on any atom is 0.318 e. The number of hydrogen-bond acceptors (Lipinski definition) is 4. The Labute approximate surface area is 181 Å². The van der Waals surface area contributed by atoms with E-state index in [0.717, 1.165) is 11.3 Å². The van der Waals surface area contributed by atoms with Crippen LogP contribution < -0.4 is 11.1 Å². The van der Waals surface area contributed by atoms with E-state index in [9.17, 15) is 31.1 Å². The number of imidazole rings is 1. The number of amides is 2. The van der Waals surface area contributed by atoms with Crippen LogP contribution in [0.2, 0.25) is 0 Å². The summed E-state index contributed by atoms with van der Waals surface area (Å²) in [6.45, 7) is -2.64. The van der Waals surface area contributed by atoms with E-state index in [-0.39, 0.29) is 19.4 Å². The number of aromatic nitrogens is 3. The Morgan fingerprint density at radius 1 is 1.09 bits per heavy atom. The van der Waals surface area contributed by atoms with Crippen LogP contribution in [0.4, 0.5) is 31.1 Å². The molecule has 1 aliphatic heterocycles. The van der Waals surface area contributed by atoms with Gasteiger partial charge in [-0.15, -0.1) is 0 Å². The molecule has 4 rings (SSSR count). The Balaban J connectivity index is 0.000000274. The zero-order valence-electron chi connectivity index (χ0n) is 17.3. The van der Waals surface area contributed by atoms with E-state index < -0.39 is 37.9 Å². The monoisotopic (exact) mass is 468 g/mol. The molecule has 0 bridgehead atoms. The lowest BCUT2D eigenvalue weighted by Crippen LogP contribution is -2.56. The van der Waals surface area contributed by atoms with Crippen molar-refractivity contribution >= 4 is 11.7 Å². The molecule has 0 radical (unpaired) electrons. The second-order valence-corrected chi connectivity index (χ2v) is 7.49. The zero-order valence-corrected chi connectivity index (χ0v) is 17.3. The standard InChI is InChI=1S/C12H14F2N6O.C6H10F2.CH2F2/c13-12(14)6-16-11(21)19(7-12)4-8-1-10-18-9(2-15)5-20(10)17-3-8;7-6(8)4-2-1-3-5-6;2-1-3/h1,3,5H,2,4,6-7,15H2,(H,16,21);1-5H2;1H2. The lowest BCUT2D eigenvalue weighted by atomic mass is 9.97. The van der Waals surface area contributed by atoms with Gasteiger partial charge in [0.15, 0.2) is 5.65 Å². The van der Waals surface area contributed by atoms with Gasteiger partial charge in [-0.25, -0.2) is 40.6 Å². The first kappa shape index (κ1) is 25.7. The van der Waals surface area contributed by atoms with Crippen molar-refractivity contribution in [1.29, 1.82) is 0 Å². The van der Waals surface area contributed by atoms with Crippen molar-refractivity contribution in [3.63, 3.8) is 0 Å². The van der Waals surface area contributed by atoms with E-state index in [0.29, 0.717) is 36.3 Å². The molecule has 180 valence electrons. The Hall–Kier alpha value is -2.57. The predicted octanol–water partition coefficient (Wildman–Crippen LogP) is 3.82. The van der Waals surface area contributed by atoms with E-state index in [2.05, 4.69) is 15.4 Å². The Kier molecular flexibility index (Phi) is 9.10. The van der Waals surface area contributed by atoms with Crippen molar-refractivity contribution in [3.05, 3.63) is 29.7 Å². The predicted molar refractivity (Wildman–Crippen MR) is 105 cm³/mol. The molecule has 1 saturated carbocycles. The summed E-state index contributed by atoms with van der Waals surface area (Å²) in [5.74, 6) is -5.25. The molecule has 0 spiro atoms. The van der Waals surface area contributed by atoms with Crippen LogP contribution in [0, 0.1) is 0 Å². The highest BCUT2D eigenvalue weighted by molar-refractivity contribution is 5.75. The Morgan fingerprint density at radius 2 is 1.75 bits per heavy atom. The van der Waals surface area contributed by atoms with Crippen LogP contribution in [0.25, 0.3) is 5.65 Å². The van der Waals surface area contributed by atoms with Gasteiger partial charge in [0.1, 0.15) is 0 Å². The summed E-state index contributed by atoms with van der Waals surface area (Å²) >= 11 is 0. The van der Waals surface area contributed by atoms with Crippen LogP contribution in [-0.2, 0) is 13.1 Å². The lowest BCUT2D eigenvalue weighted by molar-refractivity contribution is -0.0368. The summed E-state index contributed by atoms with van der Waals surface area (Å²) in [7, 11) is 0. The van der Waals surface area contributed by atoms with Crippen molar-refractivity contribution in [2.24, 2.45) is 5.73 Å². The van der Waals surface area contributed by atoms with Gasteiger partial charge in [-0.2, -0.15) is 5.10 Å². The third-order valence-electron chi connectivity index (χ3n) is 4.80. The fourth-order valence-corrected chi connectivity index (χ4v) is 3.29. The number of rotatable bonds is 3. The van der Waals surface area contributed by atoms with Gasteiger partial charge in [-0.05, 0) is 24.5 Å². The molecule has 13 heteroatoms. The summed E-state index contributed by atoms with van der Waals surface area (Å²) in [4.78, 5) is 16.9. The second kappa shape index (κ2) is 11.3. The van der Waals surface area contributed by atoms with Crippen molar-refractivity contribution in [2.45, 2.75) is 57.0 Å². The van der Waals surface area contributed by atoms with Crippen LogP contribution in [-0.4, -0.2) is 57.4 Å². The first-order valence-electron chi connectivity index (χ1n) is 10.0. The summed E-state index contributed by atoms with van der Waals surface area (Å²) in [5, 5.41) is 6.30. The van der Waals surface area contributed by atoms with Crippen LogP contribution in [0.1, 0.15) is 43.4 Å². The fraction of sp³-hybridized carbons (Fsp3) is 0.632. The third-order valence-corrected chi connectivity index (χ3v) is 4.80. The Bertz CT molecular complexity index is 869. The van der Waals surface area contributed by atoms with Crippen LogP contribution in [0.15, 0.2) is 18.5 Å². The van der Waals surface area contributed by atoms with E-state index in [4.69, 9.17) is 5.73 Å². The molecule has 1 aliphatic carbocycles. The largest absolute Gasteiger partial charge is 0.332 e. The number of carbonyl (C=O) groups excluding carboxylic acids is 1. The van der Waals surface area contributed by atoms with Gasteiger partial charge in [0.05, 0.1) is 31.2 Å².